The smallest absolute Gasteiger partial charge is 0.444 e. The van der Waals surface area contributed by atoms with Gasteiger partial charge in [0.25, 0.3) is 0 Å². The lowest BCUT2D eigenvalue weighted by molar-refractivity contribution is 0.00578. The molecule has 0 N–H and O–H groups in total. The van der Waals surface area contributed by atoms with Gasteiger partial charge in [0.15, 0.2) is 0 Å². The van der Waals surface area contributed by atoms with Crippen molar-refractivity contribution in [3.63, 3.8) is 0 Å². The summed E-state index contributed by atoms with van der Waals surface area (Å²) in [6.45, 7) is 14.1. The van der Waals surface area contributed by atoms with Crippen LogP contribution in [0, 0.1) is 5.82 Å². The van der Waals surface area contributed by atoms with E-state index < -0.39 is 23.9 Å². The zero-order valence-corrected chi connectivity index (χ0v) is 20.8. The molecule has 32 heavy (non-hydrogen) atoms. The van der Waals surface area contributed by atoms with E-state index >= 15 is 0 Å². The van der Waals surface area contributed by atoms with Crippen molar-refractivity contribution < 1.29 is 23.2 Å². The molecule has 1 amide bonds. The predicted molar refractivity (Wildman–Crippen MR) is 126 cm³/mol. The highest BCUT2D eigenvalue weighted by Gasteiger charge is 2.52. The zero-order valence-electron chi connectivity index (χ0n) is 20.8. The van der Waals surface area contributed by atoms with Crippen LogP contribution in [0.15, 0.2) is 18.2 Å². The Labute approximate surface area is 193 Å². The molecule has 1 aromatic carbocycles. The molecule has 2 aliphatic rings. The number of hydrogen-bond donors (Lipinski definition) is 0. The van der Waals surface area contributed by atoms with Gasteiger partial charge in [-0.15, -0.1) is 0 Å². The Morgan fingerprint density at radius 2 is 1.72 bits per heavy atom. The summed E-state index contributed by atoms with van der Waals surface area (Å²) in [7, 11) is -0.569. The first-order valence-corrected chi connectivity index (χ1v) is 11.9. The van der Waals surface area contributed by atoms with Crippen molar-refractivity contribution in [3.05, 3.63) is 29.6 Å². The SMILES string of the molecule is CC(C)(C)OC(=O)N(CCc1cc(F)ccc1B1OC(C)(C)C(C)(C)O1)C1CCCCC1. The lowest BCUT2D eigenvalue weighted by Crippen LogP contribution is -2.46. The Morgan fingerprint density at radius 3 is 2.28 bits per heavy atom. The highest BCUT2D eigenvalue weighted by Crippen LogP contribution is 2.36. The van der Waals surface area contributed by atoms with Crippen molar-refractivity contribution in [1.82, 2.24) is 4.90 Å². The van der Waals surface area contributed by atoms with E-state index in [0.717, 1.165) is 36.7 Å². The number of hydrogen-bond acceptors (Lipinski definition) is 4. The molecule has 0 spiro atoms. The maximum atomic E-state index is 14.2. The van der Waals surface area contributed by atoms with E-state index in [-0.39, 0.29) is 18.0 Å². The molecule has 5 nitrogen and oxygen atoms in total. The van der Waals surface area contributed by atoms with E-state index in [0.29, 0.717) is 13.0 Å². The van der Waals surface area contributed by atoms with Gasteiger partial charge < -0.3 is 18.9 Å². The number of carbonyl (C=O) groups excluding carboxylic acids is 1. The largest absolute Gasteiger partial charge is 0.495 e. The number of halogens is 1. The molecule has 1 aromatic rings. The van der Waals surface area contributed by atoms with Gasteiger partial charge in [0.2, 0.25) is 0 Å². The van der Waals surface area contributed by atoms with Gasteiger partial charge >= 0.3 is 13.2 Å². The van der Waals surface area contributed by atoms with Crippen LogP contribution in [0.25, 0.3) is 0 Å². The molecule has 0 bridgehead atoms. The number of nitrogens with zero attached hydrogens (tertiary/aromatic N) is 1. The summed E-state index contributed by atoms with van der Waals surface area (Å²) in [5.74, 6) is -0.304. The minimum atomic E-state index is -0.569. The molecule has 0 aromatic heterocycles. The van der Waals surface area contributed by atoms with Crippen molar-refractivity contribution in [2.45, 2.75) is 110 Å². The van der Waals surface area contributed by atoms with Crippen LogP contribution >= 0.6 is 0 Å². The second-order valence-electron chi connectivity index (χ2n) is 11.1. The standard InChI is InChI=1S/C25H39BFNO4/c1-23(2,3)30-22(29)28(20-11-9-8-10-12-20)16-15-18-17-19(27)13-14-21(18)26-31-24(4,5)25(6,7)32-26/h13-14,17,20H,8-12,15-16H2,1-7H3. The van der Waals surface area contributed by atoms with Crippen molar-refractivity contribution in [2.75, 3.05) is 6.54 Å². The molecule has 0 unspecified atom stereocenters. The second-order valence-corrected chi connectivity index (χ2v) is 11.1. The van der Waals surface area contributed by atoms with Crippen LogP contribution in [-0.4, -0.2) is 47.5 Å². The number of amides is 1. The molecule has 0 atom stereocenters. The first-order valence-electron chi connectivity index (χ1n) is 11.9. The maximum Gasteiger partial charge on any atom is 0.495 e. The summed E-state index contributed by atoms with van der Waals surface area (Å²) >= 11 is 0. The predicted octanol–water partition coefficient (Wildman–Crippen LogP) is 5.24. The molecule has 1 saturated heterocycles. The molecule has 1 saturated carbocycles. The highest BCUT2D eigenvalue weighted by atomic mass is 19.1. The van der Waals surface area contributed by atoms with E-state index in [2.05, 4.69) is 0 Å². The fraction of sp³-hybridized carbons (Fsp3) is 0.720. The average molecular weight is 447 g/mol. The highest BCUT2D eigenvalue weighted by molar-refractivity contribution is 6.62. The minimum Gasteiger partial charge on any atom is -0.444 e. The summed E-state index contributed by atoms with van der Waals surface area (Å²) in [4.78, 5) is 14.9. The molecule has 2 fully saturated rings. The summed E-state index contributed by atoms with van der Waals surface area (Å²) in [5, 5.41) is 0. The number of ether oxygens (including phenoxy) is 1. The molecule has 1 aliphatic heterocycles. The summed E-state index contributed by atoms with van der Waals surface area (Å²) in [6.07, 6.45) is 5.60. The molecular weight excluding hydrogens is 408 g/mol. The van der Waals surface area contributed by atoms with Gasteiger partial charge in [-0.1, -0.05) is 25.3 Å². The molecule has 178 valence electrons. The normalized spacial score (nSPS) is 20.9. The molecule has 3 rings (SSSR count). The molecule has 0 radical (unpaired) electrons. The van der Waals surface area contributed by atoms with Crippen LogP contribution < -0.4 is 5.46 Å². The van der Waals surface area contributed by atoms with Gasteiger partial charge in [-0.25, -0.2) is 9.18 Å². The number of benzene rings is 1. The Bertz CT molecular complexity index is 799. The fourth-order valence-corrected chi connectivity index (χ4v) is 4.37. The first-order chi connectivity index (χ1) is 14.8. The average Bonchev–Trinajstić information content (AvgIpc) is 2.88. The van der Waals surface area contributed by atoms with Crippen LogP contribution in [0.1, 0.15) is 86.1 Å². The van der Waals surface area contributed by atoms with E-state index in [1.54, 1.807) is 6.07 Å². The van der Waals surface area contributed by atoms with E-state index in [4.69, 9.17) is 14.0 Å². The fourth-order valence-electron chi connectivity index (χ4n) is 4.37. The Kier molecular flexibility index (Phi) is 7.31. The van der Waals surface area contributed by atoms with Gasteiger partial charge in [-0.3, -0.25) is 0 Å². The Balaban J connectivity index is 1.81. The van der Waals surface area contributed by atoms with Gasteiger partial charge in [-0.2, -0.15) is 0 Å². The van der Waals surface area contributed by atoms with Crippen molar-refractivity contribution in [2.24, 2.45) is 0 Å². The summed E-state index contributed by atoms with van der Waals surface area (Å²) < 4.78 is 32.4. The van der Waals surface area contributed by atoms with Crippen LogP contribution in [0.4, 0.5) is 9.18 Å². The Morgan fingerprint density at radius 1 is 1.12 bits per heavy atom. The Hall–Kier alpha value is -1.60. The third-order valence-electron chi connectivity index (χ3n) is 6.88. The van der Waals surface area contributed by atoms with E-state index in [9.17, 15) is 9.18 Å². The van der Waals surface area contributed by atoms with Crippen molar-refractivity contribution in [1.29, 1.82) is 0 Å². The summed E-state index contributed by atoms with van der Waals surface area (Å²) in [5.41, 5.74) is 0.101. The number of carbonyl (C=O) groups is 1. The zero-order chi connectivity index (χ0) is 23.7. The quantitative estimate of drug-likeness (QED) is 0.580. The third kappa shape index (κ3) is 5.85. The third-order valence-corrected chi connectivity index (χ3v) is 6.88. The van der Waals surface area contributed by atoms with Crippen molar-refractivity contribution >= 4 is 18.7 Å². The van der Waals surface area contributed by atoms with Gasteiger partial charge in [0.1, 0.15) is 11.4 Å². The second kappa shape index (κ2) is 9.34. The lowest BCUT2D eigenvalue weighted by Gasteiger charge is -2.35. The van der Waals surface area contributed by atoms with Crippen LogP contribution in [-0.2, 0) is 20.5 Å². The number of rotatable bonds is 5. The minimum absolute atomic E-state index is 0.160. The van der Waals surface area contributed by atoms with Gasteiger partial charge in [0, 0.05) is 12.6 Å². The molecule has 1 heterocycles. The maximum absolute atomic E-state index is 14.2. The van der Waals surface area contributed by atoms with E-state index in [1.165, 1.54) is 18.6 Å². The van der Waals surface area contributed by atoms with E-state index in [1.807, 2.05) is 53.4 Å². The monoisotopic (exact) mass is 447 g/mol. The first kappa shape index (κ1) is 25.0. The van der Waals surface area contributed by atoms with Gasteiger partial charge in [-0.05, 0) is 90.9 Å². The summed E-state index contributed by atoms with van der Waals surface area (Å²) in [6, 6.07) is 4.88. The molecule has 7 heteroatoms. The molecular formula is C25H39BFNO4. The van der Waals surface area contributed by atoms with Gasteiger partial charge in [0.05, 0.1) is 11.2 Å². The van der Waals surface area contributed by atoms with Crippen molar-refractivity contribution in [3.8, 4) is 0 Å². The van der Waals surface area contributed by atoms with Crippen LogP contribution in [0.2, 0.25) is 0 Å². The van der Waals surface area contributed by atoms with Crippen LogP contribution in [0.5, 0.6) is 0 Å². The van der Waals surface area contributed by atoms with Crippen LogP contribution in [0.3, 0.4) is 0 Å². The molecule has 1 aliphatic carbocycles. The lowest BCUT2D eigenvalue weighted by atomic mass is 9.75. The topological polar surface area (TPSA) is 48.0 Å².